The Morgan fingerprint density at radius 1 is 1.15 bits per heavy atom. The van der Waals surface area contributed by atoms with E-state index in [1.807, 2.05) is 27.7 Å². The molecule has 0 saturated carbocycles. The fourth-order valence-electron chi connectivity index (χ4n) is 2.93. The number of rotatable bonds is 2. The first-order valence-corrected chi connectivity index (χ1v) is 10.5. The Labute approximate surface area is 155 Å². The van der Waals surface area contributed by atoms with Gasteiger partial charge in [-0.2, -0.15) is 10.6 Å². The van der Waals surface area contributed by atoms with E-state index in [1.165, 1.54) is 17.0 Å². The lowest BCUT2D eigenvalue weighted by Crippen LogP contribution is -2.42. The molecule has 2 saturated heterocycles. The van der Waals surface area contributed by atoms with Crippen LogP contribution in [0, 0.1) is 5.82 Å². The Morgan fingerprint density at radius 3 is 2.19 bits per heavy atom. The number of carbonyl (C=O) groups is 1. The number of amides is 1. The van der Waals surface area contributed by atoms with Gasteiger partial charge in [0.2, 0.25) is 0 Å². The fraction of sp³-hybridized carbons (Fsp3) is 0.588. The second kappa shape index (κ2) is 6.49. The van der Waals surface area contributed by atoms with Gasteiger partial charge in [0.15, 0.2) is 0 Å². The molecule has 0 spiro atoms. The van der Waals surface area contributed by atoms with Crippen molar-refractivity contribution in [3.05, 3.63) is 29.6 Å². The second-order valence-corrected chi connectivity index (χ2v) is 10.3. The summed E-state index contributed by atoms with van der Waals surface area (Å²) in [7, 11) is -3.30. The molecule has 1 amide bonds. The number of halogens is 1. The van der Waals surface area contributed by atoms with Gasteiger partial charge in [-0.3, -0.25) is 13.9 Å². The van der Waals surface area contributed by atoms with E-state index >= 15 is 0 Å². The lowest BCUT2D eigenvalue weighted by molar-refractivity contribution is 0.00578. The number of nitrogens with zero attached hydrogens (tertiary/aromatic N) is 1. The van der Waals surface area contributed by atoms with Gasteiger partial charge >= 0.3 is 7.12 Å². The minimum atomic E-state index is -2.60. The Balaban J connectivity index is 1.75. The summed E-state index contributed by atoms with van der Waals surface area (Å²) >= 11 is 0. The standard InChI is InChI=1S/C17H25BFNO5S/c1-16(2)17(3,4)25-18(24-16)12-5-6-13(14(19)11-12)15(21)20-7-9-26(22,23)10-8-20/h5-6,11,22-23H,7-10H2,1-4H3. The fourth-order valence-corrected chi connectivity index (χ4v) is 4.16. The molecule has 0 aromatic heterocycles. The van der Waals surface area contributed by atoms with Crippen molar-refractivity contribution in [2.45, 2.75) is 38.9 Å². The van der Waals surface area contributed by atoms with Crippen LogP contribution in [-0.4, -0.2) is 62.8 Å². The van der Waals surface area contributed by atoms with E-state index in [1.54, 1.807) is 6.07 Å². The van der Waals surface area contributed by atoms with E-state index in [-0.39, 0.29) is 30.2 Å². The van der Waals surface area contributed by atoms with Crippen LogP contribution < -0.4 is 5.46 Å². The summed E-state index contributed by atoms with van der Waals surface area (Å²) in [4.78, 5) is 14.0. The Morgan fingerprint density at radius 2 is 1.69 bits per heavy atom. The SMILES string of the molecule is CC1(C)OB(c2ccc(C(=O)N3CCS(O)(O)CC3)c(F)c2)OC1(C)C. The third-order valence-corrected chi connectivity index (χ3v) is 7.09. The highest BCUT2D eigenvalue weighted by molar-refractivity contribution is 8.24. The minimum Gasteiger partial charge on any atom is -0.399 e. The maximum atomic E-state index is 14.6. The molecule has 2 fully saturated rings. The summed E-state index contributed by atoms with van der Waals surface area (Å²) in [6.45, 7) is 8.09. The van der Waals surface area contributed by atoms with E-state index in [2.05, 4.69) is 0 Å². The number of hydrogen-bond acceptors (Lipinski definition) is 5. The van der Waals surface area contributed by atoms with Crippen LogP contribution in [0.4, 0.5) is 4.39 Å². The molecule has 0 radical (unpaired) electrons. The van der Waals surface area contributed by atoms with Crippen molar-refractivity contribution in [1.82, 2.24) is 4.90 Å². The predicted molar refractivity (Wildman–Crippen MR) is 101 cm³/mol. The number of benzene rings is 1. The molecule has 1 aromatic carbocycles. The zero-order valence-corrected chi connectivity index (χ0v) is 16.3. The Hall–Kier alpha value is -1.13. The zero-order chi connectivity index (χ0) is 19.3. The minimum absolute atomic E-state index is 0.0383. The van der Waals surface area contributed by atoms with Crippen molar-refractivity contribution in [1.29, 1.82) is 0 Å². The van der Waals surface area contributed by atoms with Gasteiger partial charge in [-0.15, -0.1) is 0 Å². The van der Waals surface area contributed by atoms with Crippen LogP contribution in [-0.2, 0) is 9.31 Å². The highest BCUT2D eigenvalue weighted by atomic mass is 32.3. The van der Waals surface area contributed by atoms with Gasteiger partial charge in [-0.1, -0.05) is 6.07 Å². The molecule has 0 unspecified atom stereocenters. The van der Waals surface area contributed by atoms with E-state index in [9.17, 15) is 18.3 Å². The van der Waals surface area contributed by atoms with Gasteiger partial charge < -0.3 is 14.2 Å². The van der Waals surface area contributed by atoms with Crippen molar-refractivity contribution in [2.24, 2.45) is 0 Å². The summed E-state index contributed by atoms with van der Waals surface area (Å²) in [5, 5.41) is 0. The smallest absolute Gasteiger partial charge is 0.399 e. The van der Waals surface area contributed by atoms with Crippen LogP contribution in [0.3, 0.4) is 0 Å². The van der Waals surface area contributed by atoms with Crippen LogP contribution in [0.5, 0.6) is 0 Å². The summed E-state index contributed by atoms with van der Waals surface area (Å²) < 4.78 is 45.7. The molecule has 9 heteroatoms. The average Bonchev–Trinajstić information content (AvgIpc) is 2.75. The summed E-state index contributed by atoms with van der Waals surface area (Å²) in [6.07, 6.45) is 0. The molecular formula is C17H25BFNO5S. The van der Waals surface area contributed by atoms with Gasteiger partial charge in [0.05, 0.1) is 28.3 Å². The van der Waals surface area contributed by atoms with Crippen LogP contribution >= 0.6 is 10.6 Å². The molecule has 6 nitrogen and oxygen atoms in total. The maximum Gasteiger partial charge on any atom is 0.494 e. The largest absolute Gasteiger partial charge is 0.494 e. The molecule has 3 rings (SSSR count). The van der Waals surface area contributed by atoms with E-state index in [4.69, 9.17) is 9.31 Å². The summed E-state index contributed by atoms with van der Waals surface area (Å²) in [6, 6.07) is 4.34. The number of carbonyl (C=O) groups excluding carboxylic acids is 1. The number of hydrogen-bond donors (Lipinski definition) is 2. The molecule has 2 aliphatic rings. The molecule has 2 heterocycles. The third-order valence-electron chi connectivity index (χ3n) is 5.41. The molecule has 1 aromatic rings. The lowest BCUT2D eigenvalue weighted by atomic mass is 9.78. The first kappa shape index (κ1) is 19.6. The van der Waals surface area contributed by atoms with Gasteiger partial charge in [0.1, 0.15) is 5.82 Å². The van der Waals surface area contributed by atoms with Crippen LogP contribution in [0.15, 0.2) is 18.2 Å². The lowest BCUT2D eigenvalue weighted by Gasteiger charge is -2.40. The van der Waals surface area contributed by atoms with Crippen LogP contribution in [0.25, 0.3) is 0 Å². The predicted octanol–water partition coefficient (Wildman–Crippen LogP) is 2.33. The van der Waals surface area contributed by atoms with Crippen molar-refractivity contribution in [2.75, 3.05) is 24.6 Å². The maximum absolute atomic E-state index is 14.6. The van der Waals surface area contributed by atoms with Gasteiger partial charge in [0.25, 0.3) is 5.91 Å². The molecule has 144 valence electrons. The third kappa shape index (κ3) is 3.64. The van der Waals surface area contributed by atoms with Crippen molar-refractivity contribution in [3.63, 3.8) is 0 Å². The van der Waals surface area contributed by atoms with Crippen molar-refractivity contribution >= 4 is 29.1 Å². The van der Waals surface area contributed by atoms with Gasteiger partial charge in [0, 0.05) is 13.1 Å². The van der Waals surface area contributed by atoms with Crippen LogP contribution in [0.1, 0.15) is 38.1 Å². The molecular weight excluding hydrogens is 360 g/mol. The summed E-state index contributed by atoms with van der Waals surface area (Å²) in [5.74, 6) is -0.823. The highest BCUT2D eigenvalue weighted by Gasteiger charge is 2.51. The molecule has 2 aliphatic heterocycles. The van der Waals surface area contributed by atoms with E-state index in [0.29, 0.717) is 5.46 Å². The van der Waals surface area contributed by atoms with E-state index in [0.717, 1.165) is 0 Å². The quantitative estimate of drug-likeness (QED) is 0.764. The van der Waals surface area contributed by atoms with Gasteiger partial charge in [-0.25, -0.2) is 4.39 Å². The first-order chi connectivity index (χ1) is 11.9. The zero-order valence-electron chi connectivity index (χ0n) is 15.5. The normalized spacial score (nSPS) is 25.2. The topological polar surface area (TPSA) is 79.2 Å². The molecule has 2 N–H and O–H groups in total. The Kier molecular flexibility index (Phi) is 4.90. The van der Waals surface area contributed by atoms with Gasteiger partial charge in [-0.05, 0) is 45.3 Å². The molecule has 0 bridgehead atoms. The monoisotopic (exact) mass is 385 g/mol. The Bertz CT molecular complexity index is 701. The molecule has 0 aliphatic carbocycles. The molecule has 0 atom stereocenters. The van der Waals surface area contributed by atoms with Crippen molar-refractivity contribution < 1.29 is 27.6 Å². The van der Waals surface area contributed by atoms with Crippen LogP contribution in [0.2, 0.25) is 0 Å². The first-order valence-electron chi connectivity index (χ1n) is 8.60. The van der Waals surface area contributed by atoms with Crippen molar-refractivity contribution in [3.8, 4) is 0 Å². The summed E-state index contributed by atoms with van der Waals surface area (Å²) in [5.41, 5.74) is -0.575. The highest BCUT2D eigenvalue weighted by Crippen LogP contribution is 2.40. The average molecular weight is 385 g/mol. The second-order valence-electron chi connectivity index (χ2n) is 7.83. The molecule has 26 heavy (non-hydrogen) atoms. The van der Waals surface area contributed by atoms with E-state index < -0.39 is 40.6 Å².